The lowest BCUT2D eigenvalue weighted by molar-refractivity contribution is -0.149. The molecule has 3 aromatic carbocycles. The summed E-state index contributed by atoms with van der Waals surface area (Å²) < 4.78 is 12.8. The van der Waals surface area contributed by atoms with Gasteiger partial charge in [-0.2, -0.15) is 0 Å². The van der Waals surface area contributed by atoms with Crippen LogP contribution in [0.1, 0.15) is 40.5 Å². The van der Waals surface area contributed by atoms with Crippen molar-refractivity contribution in [3.63, 3.8) is 0 Å². The zero-order chi connectivity index (χ0) is 34.5. The zero-order valence-corrected chi connectivity index (χ0v) is 28.6. The Labute approximate surface area is 287 Å². The van der Waals surface area contributed by atoms with E-state index >= 15 is 9.59 Å². The summed E-state index contributed by atoms with van der Waals surface area (Å²) in [6, 6.07) is 19.6. The SMILES string of the molecule is CCOc1ccc(N2CC=C[C@]3(CC)O[C@]45C=CCN(c6ccc7ccccc7c6)C(=O)C4N([C@@H](CO)CC(C)C)C(=O)[C@@H]5[C@@H]3C2=O)cc1. The summed E-state index contributed by atoms with van der Waals surface area (Å²) in [5.41, 5.74) is -1.14. The Kier molecular flexibility index (Phi) is 8.61. The summed E-state index contributed by atoms with van der Waals surface area (Å²) >= 11 is 0. The van der Waals surface area contributed by atoms with Crippen LogP contribution in [0.25, 0.3) is 10.8 Å². The van der Waals surface area contributed by atoms with Gasteiger partial charge in [0, 0.05) is 24.5 Å². The van der Waals surface area contributed by atoms with Crippen LogP contribution in [0.15, 0.2) is 91.0 Å². The number of nitrogens with zero attached hydrogens (tertiary/aromatic N) is 3. The number of aliphatic hydroxyl groups excluding tert-OH is 1. The molecule has 49 heavy (non-hydrogen) atoms. The highest BCUT2D eigenvalue weighted by atomic mass is 16.5. The number of fused-ring (bicyclic) bond motifs is 3. The molecule has 2 saturated heterocycles. The van der Waals surface area contributed by atoms with E-state index in [-0.39, 0.29) is 36.8 Å². The molecule has 9 heteroatoms. The minimum absolute atomic E-state index is 0.141. The summed E-state index contributed by atoms with van der Waals surface area (Å²) in [6.45, 7) is 8.74. The van der Waals surface area contributed by atoms with Gasteiger partial charge in [0.25, 0.3) is 5.91 Å². The Morgan fingerprint density at radius 2 is 1.51 bits per heavy atom. The topological polar surface area (TPSA) is 99.6 Å². The first-order valence-corrected chi connectivity index (χ1v) is 17.5. The van der Waals surface area contributed by atoms with Gasteiger partial charge in [-0.25, -0.2) is 0 Å². The van der Waals surface area contributed by atoms with E-state index < -0.39 is 35.1 Å². The average molecular weight is 664 g/mol. The second kappa shape index (κ2) is 12.8. The molecule has 2 fully saturated rings. The fraction of sp³-hybridized carbons (Fsp3) is 0.425. The van der Waals surface area contributed by atoms with Gasteiger partial charge < -0.3 is 29.3 Å². The maximum absolute atomic E-state index is 15.1. The standard InChI is InChI=1S/C40H45N3O6/c1-5-39-19-9-21-41(29-15-17-32(18-16-29)48-6-2)36(45)33(39)34-37(46)43(31(25-44)23-26(3)4)35-38(47)42(22-10-20-40(34,35)49-39)30-14-13-27-11-7-8-12-28(27)24-30/h7-20,24,26,31,33-35,44H,5-6,21-23,25H2,1-4H3/t31-,33-,34+,35?,39+,40+/m1/s1. The lowest BCUT2D eigenvalue weighted by Crippen LogP contribution is -2.59. The number of rotatable bonds is 9. The van der Waals surface area contributed by atoms with Crippen molar-refractivity contribution in [2.45, 2.75) is 63.8 Å². The van der Waals surface area contributed by atoms with Crippen LogP contribution in [0.2, 0.25) is 0 Å². The second-order valence-corrected chi connectivity index (χ2v) is 14.0. The molecule has 0 bridgehead atoms. The number of hydrogen-bond acceptors (Lipinski definition) is 6. The van der Waals surface area contributed by atoms with Crippen LogP contribution in [0.4, 0.5) is 11.4 Å². The quantitative estimate of drug-likeness (QED) is 0.303. The molecular formula is C40H45N3O6. The highest BCUT2D eigenvalue weighted by molar-refractivity contribution is 6.08. The van der Waals surface area contributed by atoms with E-state index in [2.05, 4.69) is 0 Å². The van der Waals surface area contributed by atoms with Crippen molar-refractivity contribution < 1.29 is 29.0 Å². The van der Waals surface area contributed by atoms with Gasteiger partial charge in [0.15, 0.2) is 0 Å². The summed E-state index contributed by atoms with van der Waals surface area (Å²) in [5.74, 6) is -1.88. The maximum Gasteiger partial charge on any atom is 0.253 e. The van der Waals surface area contributed by atoms with Crippen molar-refractivity contribution in [1.29, 1.82) is 0 Å². The molecule has 3 aromatic rings. The third kappa shape index (κ3) is 5.25. The van der Waals surface area contributed by atoms with E-state index in [4.69, 9.17) is 9.47 Å². The van der Waals surface area contributed by atoms with Crippen molar-refractivity contribution in [3.8, 4) is 5.75 Å². The molecule has 1 N–H and O–H groups in total. The van der Waals surface area contributed by atoms with Gasteiger partial charge >= 0.3 is 0 Å². The first-order chi connectivity index (χ1) is 23.7. The Morgan fingerprint density at radius 3 is 2.18 bits per heavy atom. The van der Waals surface area contributed by atoms with Crippen molar-refractivity contribution in [2.24, 2.45) is 17.8 Å². The van der Waals surface area contributed by atoms with E-state index in [1.54, 1.807) is 14.7 Å². The number of hydrogen-bond donors (Lipinski definition) is 1. The smallest absolute Gasteiger partial charge is 0.253 e. The van der Waals surface area contributed by atoms with Crippen LogP contribution >= 0.6 is 0 Å². The van der Waals surface area contributed by atoms with Gasteiger partial charge in [-0.1, -0.05) is 75.4 Å². The maximum atomic E-state index is 15.1. The number of ether oxygens (including phenoxy) is 2. The largest absolute Gasteiger partial charge is 0.494 e. The summed E-state index contributed by atoms with van der Waals surface area (Å²) in [6.07, 6.45) is 8.57. The van der Waals surface area contributed by atoms with Gasteiger partial charge in [-0.15, -0.1) is 0 Å². The minimum atomic E-state index is -1.42. The van der Waals surface area contributed by atoms with Crippen LogP contribution in [-0.4, -0.2) is 77.3 Å². The molecule has 0 aromatic heterocycles. The first kappa shape index (κ1) is 33.0. The molecule has 4 heterocycles. The van der Waals surface area contributed by atoms with E-state index in [0.29, 0.717) is 43.1 Å². The molecule has 0 aliphatic carbocycles. The molecule has 7 rings (SSSR count). The van der Waals surface area contributed by atoms with E-state index in [9.17, 15) is 9.90 Å². The average Bonchev–Trinajstić information content (AvgIpc) is 3.40. The number of amides is 3. The minimum Gasteiger partial charge on any atom is -0.494 e. The molecule has 4 aliphatic rings. The molecule has 3 amide bonds. The number of carbonyl (C=O) groups excluding carboxylic acids is 3. The highest BCUT2D eigenvalue weighted by Gasteiger charge is 2.76. The summed E-state index contributed by atoms with van der Waals surface area (Å²) in [4.78, 5) is 50.0. The first-order valence-electron chi connectivity index (χ1n) is 17.5. The molecular weight excluding hydrogens is 618 g/mol. The van der Waals surface area contributed by atoms with Crippen LogP contribution in [0.3, 0.4) is 0 Å². The van der Waals surface area contributed by atoms with Gasteiger partial charge in [-0.05, 0) is 72.9 Å². The predicted octanol–water partition coefficient (Wildman–Crippen LogP) is 5.51. The monoisotopic (exact) mass is 663 g/mol. The van der Waals surface area contributed by atoms with Gasteiger partial charge in [0.2, 0.25) is 11.8 Å². The van der Waals surface area contributed by atoms with Gasteiger partial charge in [0.05, 0.1) is 36.7 Å². The lowest BCUT2D eigenvalue weighted by Gasteiger charge is -2.41. The molecule has 6 atom stereocenters. The van der Waals surface area contributed by atoms with E-state index in [1.165, 1.54) is 0 Å². The van der Waals surface area contributed by atoms with Crippen molar-refractivity contribution in [1.82, 2.24) is 4.90 Å². The Bertz CT molecular complexity index is 1820. The Balaban J connectivity index is 1.35. The third-order valence-corrected chi connectivity index (χ3v) is 10.7. The van der Waals surface area contributed by atoms with Crippen LogP contribution in [0, 0.1) is 17.8 Å². The van der Waals surface area contributed by atoms with Gasteiger partial charge in [0.1, 0.15) is 17.4 Å². The molecule has 4 aliphatic heterocycles. The van der Waals surface area contributed by atoms with Crippen molar-refractivity contribution in [3.05, 3.63) is 91.0 Å². The van der Waals surface area contributed by atoms with Crippen LogP contribution in [-0.2, 0) is 19.1 Å². The highest BCUT2D eigenvalue weighted by Crippen LogP contribution is 2.59. The molecule has 0 saturated carbocycles. The second-order valence-electron chi connectivity index (χ2n) is 14.0. The van der Waals surface area contributed by atoms with Crippen LogP contribution < -0.4 is 14.5 Å². The van der Waals surface area contributed by atoms with E-state index in [0.717, 1.165) is 10.8 Å². The third-order valence-electron chi connectivity index (χ3n) is 10.7. The zero-order valence-electron chi connectivity index (χ0n) is 28.6. The van der Waals surface area contributed by atoms with Crippen LogP contribution in [0.5, 0.6) is 5.75 Å². The Morgan fingerprint density at radius 1 is 0.837 bits per heavy atom. The molecule has 9 nitrogen and oxygen atoms in total. The van der Waals surface area contributed by atoms with Crippen molar-refractivity contribution >= 4 is 39.9 Å². The number of carbonyl (C=O) groups is 3. The number of aliphatic hydroxyl groups is 1. The van der Waals surface area contributed by atoms with E-state index in [1.807, 2.05) is 119 Å². The number of anilines is 2. The fourth-order valence-electron chi connectivity index (χ4n) is 8.61. The summed E-state index contributed by atoms with van der Waals surface area (Å²) in [5, 5.41) is 12.8. The fourth-order valence-corrected chi connectivity index (χ4v) is 8.61. The molecule has 1 unspecified atom stereocenters. The molecule has 0 radical (unpaired) electrons. The number of benzene rings is 3. The number of likely N-dealkylation sites (tertiary alicyclic amines) is 1. The van der Waals surface area contributed by atoms with Crippen molar-refractivity contribution in [2.75, 3.05) is 36.1 Å². The van der Waals surface area contributed by atoms with Gasteiger partial charge in [-0.3, -0.25) is 14.4 Å². The lowest BCUT2D eigenvalue weighted by atomic mass is 9.73. The normalized spacial score (nSPS) is 28.5. The molecule has 1 spiro atoms. The predicted molar refractivity (Wildman–Crippen MR) is 189 cm³/mol. The molecule has 256 valence electrons. The Hall–Kier alpha value is -4.47. The summed E-state index contributed by atoms with van der Waals surface area (Å²) in [7, 11) is 0.